The molecule has 2 saturated heterocycles. The number of allylic oxidation sites excluding steroid dienone is 4. The summed E-state index contributed by atoms with van der Waals surface area (Å²) in [4.78, 5) is 69.0. The summed E-state index contributed by atoms with van der Waals surface area (Å²) in [6.07, 6.45) is 10.4. The summed E-state index contributed by atoms with van der Waals surface area (Å²) in [5.74, 6) is -2.09. The van der Waals surface area contributed by atoms with Crippen molar-refractivity contribution >= 4 is 29.4 Å². The van der Waals surface area contributed by atoms with Crippen LogP contribution in [0.5, 0.6) is 5.75 Å². The number of phenols is 1. The number of Topliss-reactive ketones (excluding diaryl/α,β-unsaturated/α-hetero) is 1. The van der Waals surface area contributed by atoms with Crippen LogP contribution < -0.4 is 22.1 Å². The van der Waals surface area contributed by atoms with Crippen molar-refractivity contribution in [3.63, 3.8) is 0 Å². The second-order valence-electron chi connectivity index (χ2n) is 11.7. The van der Waals surface area contributed by atoms with E-state index in [1.54, 1.807) is 18.2 Å². The van der Waals surface area contributed by atoms with E-state index in [0.29, 0.717) is 25.7 Å². The Morgan fingerprint density at radius 3 is 2.51 bits per heavy atom. The van der Waals surface area contributed by atoms with Crippen molar-refractivity contribution in [2.45, 2.75) is 69.1 Å². The third-order valence-electron chi connectivity index (χ3n) is 8.65. The fourth-order valence-electron chi connectivity index (χ4n) is 6.26. The van der Waals surface area contributed by atoms with Gasteiger partial charge in [0.05, 0.1) is 24.0 Å². The van der Waals surface area contributed by atoms with Crippen molar-refractivity contribution in [2.24, 2.45) is 16.9 Å². The number of carbonyl (C=O) groups excluding carboxylic acids is 5. The molecule has 5 atom stereocenters. The highest BCUT2D eigenvalue weighted by atomic mass is 16.3. The number of benzene rings is 1. The molecule has 0 saturated carbocycles. The number of phenolic OH excluding ortho intramolecular Hbond substituents is 1. The first-order chi connectivity index (χ1) is 20.5. The second-order valence-corrected chi connectivity index (χ2v) is 11.7. The van der Waals surface area contributed by atoms with Gasteiger partial charge in [-0.2, -0.15) is 0 Å². The molecule has 7 N–H and O–H groups in total. The Labute approximate surface area is 251 Å². The predicted octanol–water partition coefficient (Wildman–Crippen LogP) is -0.105. The number of likely N-dealkylation sites (tertiary alicyclic amines) is 1. The summed E-state index contributed by atoms with van der Waals surface area (Å²) in [7, 11) is 1.51. The number of primary amides is 1. The molecule has 12 heteroatoms. The number of nitrogens with two attached hydrogens (primary N) is 2. The Bertz CT molecular complexity index is 1270. The number of amides is 4. The lowest BCUT2D eigenvalue weighted by atomic mass is 9.70. The van der Waals surface area contributed by atoms with Crippen LogP contribution in [-0.4, -0.2) is 95.2 Å². The van der Waals surface area contributed by atoms with Crippen molar-refractivity contribution in [3.05, 3.63) is 54.1 Å². The minimum Gasteiger partial charge on any atom is -0.508 e. The average molecular weight is 595 g/mol. The molecule has 4 amide bonds. The van der Waals surface area contributed by atoms with Crippen molar-refractivity contribution in [1.82, 2.24) is 20.4 Å². The minimum atomic E-state index is -1.09. The quantitative estimate of drug-likeness (QED) is 0.222. The summed E-state index contributed by atoms with van der Waals surface area (Å²) < 4.78 is 0. The Kier molecular flexibility index (Phi) is 10.4. The fourth-order valence-corrected chi connectivity index (χ4v) is 6.26. The average Bonchev–Trinajstić information content (AvgIpc) is 3.72. The van der Waals surface area contributed by atoms with Gasteiger partial charge in [-0.25, -0.2) is 0 Å². The van der Waals surface area contributed by atoms with Crippen molar-refractivity contribution in [1.29, 1.82) is 0 Å². The lowest BCUT2D eigenvalue weighted by Crippen LogP contribution is -2.58. The van der Waals surface area contributed by atoms with Gasteiger partial charge in [0, 0.05) is 13.6 Å². The zero-order valence-electron chi connectivity index (χ0n) is 24.5. The Morgan fingerprint density at radius 2 is 1.88 bits per heavy atom. The van der Waals surface area contributed by atoms with E-state index in [0.717, 1.165) is 18.5 Å². The van der Waals surface area contributed by atoms with Gasteiger partial charge in [0.25, 0.3) is 0 Å². The first-order valence-electron chi connectivity index (χ1n) is 14.8. The Morgan fingerprint density at radius 1 is 1.14 bits per heavy atom. The third-order valence-corrected chi connectivity index (χ3v) is 8.65. The molecular formula is C31H42N6O6. The normalized spacial score (nSPS) is 24.4. The van der Waals surface area contributed by atoms with E-state index in [4.69, 9.17) is 11.5 Å². The maximum Gasteiger partial charge on any atom is 0.246 e. The molecule has 0 aromatic heterocycles. The number of nitrogens with one attached hydrogen (secondary N) is 2. The molecule has 3 aliphatic rings. The van der Waals surface area contributed by atoms with Crippen LogP contribution in [0, 0.1) is 5.41 Å². The number of ketones is 1. The lowest BCUT2D eigenvalue weighted by molar-refractivity contribution is -0.149. The SMILES string of the molecule is CN(C(=O)[C@@H](N)Cc1ccc(O)cc1)[C@@H](CC1(C(=O)[C@@H]2CCCN2)C=CC=CC1)C(=O)N1CCC[C@@H]1C(=O)NCC(N)=O. The van der Waals surface area contributed by atoms with E-state index in [9.17, 15) is 29.1 Å². The summed E-state index contributed by atoms with van der Waals surface area (Å²) in [6.45, 7) is 0.662. The number of hydrogen-bond donors (Lipinski definition) is 5. The maximum atomic E-state index is 14.3. The molecule has 1 aliphatic carbocycles. The monoisotopic (exact) mass is 594 g/mol. The van der Waals surface area contributed by atoms with Crippen LogP contribution in [0.25, 0.3) is 0 Å². The topological polar surface area (TPSA) is 188 Å². The number of aromatic hydroxyl groups is 1. The highest BCUT2D eigenvalue weighted by Gasteiger charge is 2.47. The van der Waals surface area contributed by atoms with Crippen molar-refractivity contribution in [3.8, 4) is 5.75 Å². The Balaban J connectivity index is 1.63. The van der Waals surface area contributed by atoms with Crippen molar-refractivity contribution < 1.29 is 29.1 Å². The maximum absolute atomic E-state index is 14.3. The molecule has 0 radical (unpaired) electrons. The van der Waals surface area contributed by atoms with Crippen LogP contribution in [0.1, 0.15) is 44.1 Å². The number of carbonyl (C=O) groups is 5. The van der Waals surface area contributed by atoms with Gasteiger partial charge in [-0.3, -0.25) is 24.0 Å². The standard InChI is InChI=1S/C31H42N6O6/c1-36(29(42)22(32)17-20-9-11-21(38)12-10-20)25(30(43)37-16-6-8-24(37)28(41)35-19-26(33)39)18-31(13-3-2-4-14-31)27(40)23-7-5-15-34-23/h2-4,9-13,22-25,34,38H,5-8,14-19,32H2,1H3,(H2,33,39)(H,35,41)/t22-,23-,24+,25-,31?/m0/s1. The van der Waals surface area contributed by atoms with Gasteiger partial charge >= 0.3 is 0 Å². The highest BCUT2D eigenvalue weighted by molar-refractivity contribution is 5.96. The molecule has 4 rings (SSSR count). The van der Waals surface area contributed by atoms with Crippen LogP contribution in [0.15, 0.2) is 48.6 Å². The van der Waals surface area contributed by atoms with E-state index in [1.807, 2.05) is 18.2 Å². The zero-order valence-corrected chi connectivity index (χ0v) is 24.5. The van der Waals surface area contributed by atoms with E-state index in [-0.39, 0.29) is 43.5 Å². The zero-order chi connectivity index (χ0) is 31.1. The highest BCUT2D eigenvalue weighted by Crippen LogP contribution is 2.38. The Hall–Kier alpha value is -4.03. The van der Waals surface area contributed by atoms with Gasteiger partial charge in [0.1, 0.15) is 17.8 Å². The number of nitrogens with zero attached hydrogens (tertiary/aromatic N) is 2. The molecule has 0 spiro atoms. The summed E-state index contributed by atoms with van der Waals surface area (Å²) in [6, 6.07) is 3.08. The molecule has 2 aliphatic heterocycles. The molecular weight excluding hydrogens is 552 g/mol. The van der Waals surface area contributed by atoms with Crippen LogP contribution >= 0.6 is 0 Å². The molecule has 0 bridgehead atoms. The summed E-state index contributed by atoms with van der Waals surface area (Å²) >= 11 is 0. The molecule has 1 aromatic rings. The first-order valence-corrected chi connectivity index (χ1v) is 14.8. The van der Waals surface area contributed by atoms with Gasteiger partial charge in [0.2, 0.25) is 23.6 Å². The van der Waals surface area contributed by atoms with Crippen LogP contribution in [0.2, 0.25) is 0 Å². The van der Waals surface area contributed by atoms with Crippen molar-refractivity contribution in [2.75, 3.05) is 26.7 Å². The molecule has 43 heavy (non-hydrogen) atoms. The fraction of sp³-hybridized carbons (Fsp3) is 0.516. The van der Waals surface area contributed by atoms with E-state index < -0.39 is 47.2 Å². The smallest absolute Gasteiger partial charge is 0.246 e. The number of hydrogen-bond acceptors (Lipinski definition) is 8. The molecule has 232 valence electrons. The first kappa shape index (κ1) is 31.9. The molecule has 1 aromatic carbocycles. The number of rotatable bonds is 12. The summed E-state index contributed by atoms with van der Waals surface area (Å²) in [5.41, 5.74) is 11.2. The molecule has 2 heterocycles. The lowest BCUT2D eigenvalue weighted by Gasteiger charge is -2.40. The predicted molar refractivity (Wildman–Crippen MR) is 159 cm³/mol. The van der Waals surface area contributed by atoms with Gasteiger partial charge in [0.15, 0.2) is 5.78 Å². The molecule has 1 unspecified atom stereocenters. The second kappa shape index (κ2) is 14.0. The van der Waals surface area contributed by atoms with Crippen LogP contribution in [-0.2, 0) is 30.4 Å². The van der Waals surface area contributed by atoms with Gasteiger partial charge in [-0.15, -0.1) is 0 Å². The minimum absolute atomic E-state index is 0.0178. The summed E-state index contributed by atoms with van der Waals surface area (Å²) in [5, 5.41) is 15.4. The third kappa shape index (κ3) is 7.49. The number of likely N-dealkylation sites (N-methyl/N-ethyl adjacent to an activating group) is 1. The van der Waals surface area contributed by atoms with Crippen LogP contribution in [0.3, 0.4) is 0 Å². The molecule has 2 fully saturated rings. The largest absolute Gasteiger partial charge is 0.508 e. The van der Waals surface area contributed by atoms with E-state index in [1.165, 1.54) is 29.0 Å². The van der Waals surface area contributed by atoms with E-state index >= 15 is 0 Å². The van der Waals surface area contributed by atoms with Gasteiger partial charge < -0.3 is 37.0 Å². The van der Waals surface area contributed by atoms with Gasteiger partial charge in [-0.05, 0) is 69.2 Å². The van der Waals surface area contributed by atoms with E-state index in [2.05, 4.69) is 10.6 Å². The van der Waals surface area contributed by atoms with Crippen LogP contribution in [0.4, 0.5) is 0 Å². The van der Waals surface area contributed by atoms with Gasteiger partial charge in [-0.1, -0.05) is 36.4 Å². The molecule has 12 nitrogen and oxygen atoms in total.